The molecule has 0 aliphatic carbocycles. The lowest BCUT2D eigenvalue weighted by atomic mass is 10.0. The number of nitrogens with zero attached hydrogens (tertiary/aromatic N) is 1. The van der Waals surface area contributed by atoms with Crippen molar-refractivity contribution >= 4 is 17.9 Å². The zero-order valence-electron chi connectivity index (χ0n) is 44.6. The molecule has 0 spiro atoms. The van der Waals surface area contributed by atoms with Crippen molar-refractivity contribution in [2.24, 2.45) is 0 Å². The Kier molecular flexibility index (Phi) is 47.7. The van der Waals surface area contributed by atoms with Gasteiger partial charge >= 0.3 is 17.9 Å². The van der Waals surface area contributed by atoms with Gasteiger partial charge in [0.05, 0.1) is 34.4 Å². The second-order valence-electron chi connectivity index (χ2n) is 20.2. The number of aliphatic carboxylic acids is 1. The summed E-state index contributed by atoms with van der Waals surface area (Å²) < 4.78 is 17.4. The Hall–Kier alpha value is -2.71. The van der Waals surface area contributed by atoms with Crippen LogP contribution < -0.4 is 0 Å². The number of quaternary nitrogens is 1. The maximum atomic E-state index is 12.8. The third kappa shape index (κ3) is 48.1. The van der Waals surface area contributed by atoms with E-state index in [2.05, 4.69) is 62.5 Å². The zero-order chi connectivity index (χ0) is 49.2. The van der Waals surface area contributed by atoms with Gasteiger partial charge in [-0.3, -0.25) is 9.59 Å². The van der Waals surface area contributed by atoms with Crippen LogP contribution in [0.3, 0.4) is 0 Å². The van der Waals surface area contributed by atoms with Crippen molar-refractivity contribution in [3.63, 3.8) is 0 Å². The minimum atomic E-state index is -0.874. The van der Waals surface area contributed by atoms with Gasteiger partial charge in [0.2, 0.25) is 0 Å². The lowest BCUT2D eigenvalue weighted by Crippen LogP contribution is -2.50. The van der Waals surface area contributed by atoms with Gasteiger partial charge in [0.1, 0.15) is 6.61 Å². The summed E-state index contributed by atoms with van der Waals surface area (Å²) >= 11 is 0. The number of allylic oxidation sites excluding steroid dienone is 8. The van der Waals surface area contributed by atoms with E-state index in [0.717, 1.165) is 57.8 Å². The predicted octanol–water partition coefficient (Wildman–Crippen LogP) is 16.7. The smallest absolute Gasteiger partial charge is 0.362 e. The van der Waals surface area contributed by atoms with Crippen LogP contribution in [0.4, 0.5) is 0 Å². The fourth-order valence-corrected chi connectivity index (χ4v) is 8.40. The molecule has 67 heavy (non-hydrogen) atoms. The minimum Gasteiger partial charge on any atom is -0.477 e. The third-order valence-corrected chi connectivity index (χ3v) is 12.7. The molecule has 1 N–H and O–H groups in total. The van der Waals surface area contributed by atoms with Crippen LogP contribution in [0, 0.1) is 0 Å². The third-order valence-electron chi connectivity index (χ3n) is 12.7. The van der Waals surface area contributed by atoms with Gasteiger partial charge in [0, 0.05) is 19.3 Å². The summed E-state index contributed by atoms with van der Waals surface area (Å²) in [6, 6.07) is -0.617. The van der Waals surface area contributed by atoms with Crippen molar-refractivity contribution in [2.75, 3.05) is 41.0 Å². The average Bonchev–Trinajstić information content (AvgIpc) is 3.29. The number of ether oxygens (including phenoxy) is 3. The highest BCUT2D eigenvalue weighted by Crippen LogP contribution is 2.16. The van der Waals surface area contributed by atoms with Gasteiger partial charge < -0.3 is 23.8 Å². The number of unbranched alkanes of at least 4 members (excludes halogenated alkanes) is 29. The standard InChI is InChI=1S/C59H107NO7/c1-6-8-10-12-14-16-18-20-22-24-26-28-30-32-34-36-38-40-42-44-46-48-50-58(62)67-55(53-65-52-51-56(59(63)64)60(3,4)5)54-66-57(61)49-47-45-43-41-39-37-35-33-31-29-27-25-23-21-19-17-15-13-11-9-7-2/h9,11,15,17,21,23,30,32,55-56H,6-8,10,12-14,16,18-20,22,24-29,31,33-54H2,1-5H3/p+1/b11-9+,17-15+,23-21+,32-30+. The first-order valence-electron chi connectivity index (χ1n) is 28.2. The summed E-state index contributed by atoms with van der Waals surface area (Å²) in [6.45, 7) is 4.66. The Morgan fingerprint density at radius 2 is 0.836 bits per heavy atom. The topological polar surface area (TPSA) is 99.1 Å². The summed E-state index contributed by atoms with van der Waals surface area (Å²) in [4.78, 5) is 37.3. The lowest BCUT2D eigenvalue weighted by molar-refractivity contribution is -0.887. The maximum Gasteiger partial charge on any atom is 0.362 e. The molecule has 0 saturated heterocycles. The molecule has 0 aliphatic heterocycles. The summed E-state index contributed by atoms with van der Waals surface area (Å²) in [5, 5.41) is 9.67. The Morgan fingerprint density at radius 3 is 1.25 bits per heavy atom. The summed E-state index contributed by atoms with van der Waals surface area (Å²) in [6.07, 6.45) is 61.7. The number of carboxylic acid groups (broad SMARTS) is 1. The van der Waals surface area contributed by atoms with Crippen molar-refractivity contribution in [1.29, 1.82) is 0 Å². The van der Waals surface area contributed by atoms with Gasteiger partial charge in [-0.05, 0) is 70.6 Å². The Labute approximate surface area is 414 Å². The number of rotatable bonds is 51. The summed E-state index contributed by atoms with van der Waals surface area (Å²) in [5.74, 6) is -1.46. The van der Waals surface area contributed by atoms with Crippen molar-refractivity contribution in [1.82, 2.24) is 0 Å². The van der Waals surface area contributed by atoms with Crippen LogP contribution in [0.15, 0.2) is 48.6 Å². The zero-order valence-corrected chi connectivity index (χ0v) is 44.6. The van der Waals surface area contributed by atoms with Crippen molar-refractivity contribution in [3.05, 3.63) is 48.6 Å². The molecular formula is C59H108NO7+. The quantitative estimate of drug-likeness (QED) is 0.0281. The van der Waals surface area contributed by atoms with Gasteiger partial charge in [-0.1, -0.05) is 217 Å². The first-order valence-corrected chi connectivity index (χ1v) is 28.2. The molecule has 0 aliphatic rings. The van der Waals surface area contributed by atoms with Crippen LogP contribution >= 0.6 is 0 Å². The van der Waals surface area contributed by atoms with Gasteiger partial charge in [-0.2, -0.15) is 0 Å². The fourth-order valence-electron chi connectivity index (χ4n) is 8.40. The molecule has 0 rings (SSSR count). The first-order chi connectivity index (χ1) is 32.6. The molecule has 0 fully saturated rings. The van der Waals surface area contributed by atoms with E-state index in [-0.39, 0.29) is 36.2 Å². The largest absolute Gasteiger partial charge is 0.477 e. The molecule has 0 radical (unpaired) electrons. The number of carboxylic acids is 1. The van der Waals surface area contributed by atoms with E-state index in [1.165, 1.54) is 167 Å². The van der Waals surface area contributed by atoms with Gasteiger partial charge in [0.25, 0.3) is 0 Å². The Morgan fingerprint density at radius 1 is 0.463 bits per heavy atom. The first kappa shape index (κ1) is 64.3. The van der Waals surface area contributed by atoms with Gasteiger partial charge in [-0.15, -0.1) is 0 Å². The van der Waals surface area contributed by atoms with Crippen LogP contribution in [0.25, 0.3) is 0 Å². The summed E-state index contributed by atoms with van der Waals surface area (Å²) in [7, 11) is 5.54. The Balaban J connectivity index is 4.18. The molecule has 0 amide bonds. The van der Waals surface area contributed by atoms with E-state index < -0.39 is 18.1 Å². The monoisotopic (exact) mass is 943 g/mol. The molecule has 8 nitrogen and oxygen atoms in total. The van der Waals surface area contributed by atoms with Crippen LogP contribution in [-0.2, 0) is 28.6 Å². The minimum absolute atomic E-state index is 0.0530. The molecule has 8 heteroatoms. The summed E-state index contributed by atoms with van der Waals surface area (Å²) in [5.41, 5.74) is 0. The number of carbonyl (C=O) groups excluding carboxylic acids is 2. The molecule has 2 unspecified atom stereocenters. The second-order valence-corrected chi connectivity index (χ2v) is 20.2. The van der Waals surface area contributed by atoms with E-state index >= 15 is 0 Å². The molecular weight excluding hydrogens is 835 g/mol. The maximum absolute atomic E-state index is 12.8. The SMILES string of the molecule is CC/C=C/C/C=C/C/C=C/CCCCCCCCCCCCCC(=O)OCC(COCCC(C(=O)O)[N+](C)(C)C)OC(=O)CCCCCCCCC/C=C/CCCCCCCCCCCCC. The fraction of sp³-hybridized carbons (Fsp3) is 0.814. The van der Waals surface area contributed by atoms with E-state index in [1.807, 2.05) is 21.1 Å². The average molecular weight is 944 g/mol. The molecule has 0 bridgehead atoms. The molecule has 0 aromatic carbocycles. The highest BCUT2D eigenvalue weighted by molar-refractivity contribution is 5.72. The lowest BCUT2D eigenvalue weighted by Gasteiger charge is -2.31. The normalized spacial score (nSPS) is 13.1. The second kappa shape index (κ2) is 49.7. The van der Waals surface area contributed by atoms with Gasteiger partial charge in [-0.25, -0.2) is 4.79 Å². The predicted molar refractivity (Wildman–Crippen MR) is 284 cm³/mol. The van der Waals surface area contributed by atoms with Crippen molar-refractivity contribution in [2.45, 2.75) is 270 Å². The number of esters is 2. The number of carbonyl (C=O) groups is 3. The molecule has 390 valence electrons. The molecule has 0 saturated carbocycles. The van der Waals surface area contributed by atoms with E-state index in [4.69, 9.17) is 14.2 Å². The number of likely N-dealkylation sites (N-methyl/N-ethyl adjacent to an activating group) is 1. The van der Waals surface area contributed by atoms with Crippen molar-refractivity contribution in [3.8, 4) is 0 Å². The van der Waals surface area contributed by atoms with E-state index in [0.29, 0.717) is 19.3 Å². The van der Waals surface area contributed by atoms with E-state index in [9.17, 15) is 19.5 Å². The molecule has 0 heterocycles. The highest BCUT2D eigenvalue weighted by Gasteiger charge is 2.31. The van der Waals surface area contributed by atoms with Gasteiger partial charge in [0.15, 0.2) is 12.1 Å². The van der Waals surface area contributed by atoms with Crippen LogP contribution in [0.2, 0.25) is 0 Å². The van der Waals surface area contributed by atoms with Crippen molar-refractivity contribution < 1.29 is 38.2 Å². The number of hydrogen-bond donors (Lipinski definition) is 1. The van der Waals surface area contributed by atoms with E-state index in [1.54, 1.807) is 0 Å². The van der Waals surface area contributed by atoms with Crippen LogP contribution in [-0.4, -0.2) is 80.6 Å². The Bertz CT molecular complexity index is 1230. The molecule has 0 aromatic rings. The molecule has 2 atom stereocenters. The highest BCUT2D eigenvalue weighted by atomic mass is 16.6. The number of hydrogen-bond acceptors (Lipinski definition) is 6. The van der Waals surface area contributed by atoms with Crippen LogP contribution in [0.1, 0.15) is 258 Å². The molecule has 0 aromatic heterocycles. The van der Waals surface area contributed by atoms with Crippen LogP contribution in [0.5, 0.6) is 0 Å².